The minimum atomic E-state index is -4.50. The number of aromatic nitrogens is 1. The molecule has 10 nitrogen and oxygen atoms in total. The number of carbonyl (C=O) groups is 2. The number of aliphatic hydroxyl groups excluding tert-OH is 1. The van der Waals surface area contributed by atoms with Crippen LogP contribution < -0.4 is 10.2 Å². The Kier molecular flexibility index (Phi) is 5.79. The van der Waals surface area contributed by atoms with Crippen LogP contribution in [0.3, 0.4) is 0 Å². The molecule has 1 saturated carbocycles. The van der Waals surface area contributed by atoms with Gasteiger partial charge in [-0.3, -0.25) is 4.79 Å². The van der Waals surface area contributed by atoms with Gasteiger partial charge in [-0.25, -0.2) is 9.78 Å². The topological polar surface area (TPSA) is 107 Å². The molecule has 5 aliphatic rings. The molecule has 3 amide bonds. The van der Waals surface area contributed by atoms with Gasteiger partial charge in [-0.15, -0.1) is 5.48 Å². The van der Waals surface area contributed by atoms with Crippen molar-refractivity contribution in [2.45, 2.75) is 37.6 Å². The number of urea groups is 1. The maximum absolute atomic E-state index is 13.3. The lowest BCUT2D eigenvalue weighted by atomic mass is 10.1. The summed E-state index contributed by atoms with van der Waals surface area (Å²) in [6.07, 6.45) is -3.04. The monoisotopic (exact) mass is 521 g/mol. The van der Waals surface area contributed by atoms with Crippen molar-refractivity contribution < 1.29 is 37.4 Å². The molecule has 1 atom stereocenters. The van der Waals surface area contributed by atoms with Gasteiger partial charge in [-0.05, 0) is 36.5 Å². The zero-order chi connectivity index (χ0) is 25.9. The number of ether oxygens (including phenoxy) is 1. The van der Waals surface area contributed by atoms with Gasteiger partial charge in [0.2, 0.25) is 5.88 Å². The van der Waals surface area contributed by atoms with E-state index in [1.165, 1.54) is 6.07 Å². The largest absolute Gasteiger partial charge is 0.468 e. The lowest BCUT2D eigenvalue weighted by Gasteiger charge is -2.32. The van der Waals surface area contributed by atoms with Gasteiger partial charge in [0, 0.05) is 61.5 Å². The average molecular weight is 521 g/mol. The molecule has 4 aliphatic heterocycles. The highest BCUT2D eigenvalue weighted by Gasteiger charge is 2.39. The van der Waals surface area contributed by atoms with E-state index < -0.39 is 19.0 Å². The van der Waals surface area contributed by atoms with Gasteiger partial charge in [0.25, 0.3) is 5.91 Å². The molecule has 0 bridgehead atoms. The number of hydrogen-bond donors (Lipinski definition) is 2. The predicted octanol–water partition coefficient (Wildman–Crippen LogP) is 1.90. The van der Waals surface area contributed by atoms with Crippen molar-refractivity contribution in [1.82, 2.24) is 25.2 Å². The summed E-state index contributed by atoms with van der Waals surface area (Å²) in [6.45, 7) is 0.823. The summed E-state index contributed by atoms with van der Waals surface area (Å²) in [7, 11) is 0. The number of hydroxylamine groups is 1. The molecule has 37 heavy (non-hydrogen) atoms. The van der Waals surface area contributed by atoms with Crippen LogP contribution in [0.1, 0.15) is 41.2 Å². The Hall–Kier alpha value is -3.32. The fraction of sp³-hybridized carbons (Fsp3) is 0.542. The Balaban J connectivity index is 1.08. The number of rotatable bonds is 4. The molecule has 198 valence electrons. The molecule has 6 rings (SSSR count). The predicted molar refractivity (Wildman–Crippen MR) is 121 cm³/mol. The lowest BCUT2D eigenvalue weighted by molar-refractivity contribution is -0.154. The summed E-state index contributed by atoms with van der Waals surface area (Å²) in [6, 6.07) is 2.80. The van der Waals surface area contributed by atoms with Crippen molar-refractivity contribution in [2.75, 3.05) is 45.9 Å². The Morgan fingerprint density at radius 3 is 2.46 bits per heavy atom. The first-order chi connectivity index (χ1) is 17.6. The second-order valence-electron chi connectivity index (χ2n) is 10.0. The fourth-order valence-electron chi connectivity index (χ4n) is 5.21. The minimum absolute atomic E-state index is 0.126. The maximum atomic E-state index is 13.3. The van der Waals surface area contributed by atoms with Crippen LogP contribution >= 0.6 is 0 Å². The van der Waals surface area contributed by atoms with Gasteiger partial charge in [0.15, 0.2) is 12.8 Å². The molecule has 5 heterocycles. The summed E-state index contributed by atoms with van der Waals surface area (Å²) < 4.78 is 42.8. The number of aliphatic hydroxyl groups is 1. The molecule has 0 saturated heterocycles. The van der Waals surface area contributed by atoms with E-state index in [9.17, 15) is 27.9 Å². The minimum Gasteiger partial charge on any atom is -0.468 e. The van der Waals surface area contributed by atoms with E-state index in [0.717, 1.165) is 29.6 Å². The van der Waals surface area contributed by atoms with E-state index in [2.05, 4.69) is 10.5 Å². The van der Waals surface area contributed by atoms with E-state index in [-0.39, 0.29) is 35.8 Å². The third-order valence-electron chi connectivity index (χ3n) is 7.27. The fourth-order valence-corrected chi connectivity index (χ4v) is 5.21. The molecule has 0 spiro atoms. The Morgan fingerprint density at radius 1 is 1.08 bits per heavy atom. The molecule has 0 aromatic carbocycles. The molecule has 13 heteroatoms. The van der Waals surface area contributed by atoms with Crippen molar-refractivity contribution in [2.24, 2.45) is 0 Å². The van der Waals surface area contributed by atoms with E-state index in [1.54, 1.807) is 20.8 Å². The van der Waals surface area contributed by atoms with E-state index in [4.69, 9.17) is 9.57 Å². The molecule has 1 aromatic rings. The first kappa shape index (κ1) is 24.0. The second-order valence-corrected chi connectivity index (χ2v) is 10.0. The number of nitrogens with one attached hydrogen (secondary N) is 1. The quantitative estimate of drug-likeness (QED) is 0.583. The van der Waals surface area contributed by atoms with Crippen molar-refractivity contribution in [3.05, 3.63) is 45.9 Å². The van der Waals surface area contributed by atoms with Gasteiger partial charge in [0.05, 0.1) is 6.54 Å². The number of pyridine rings is 1. The molecule has 1 fully saturated rings. The summed E-state index contributed by atoms with van der Waals surface area (Å²) in [5, 5.41) is 9.84. The average Bonchev–Trinajstić information content (AvgIpc) is 3.39. The second kappa shape index (κ2) is 8.91. The van der Waals surface area contributed by atoms with Crippen molar-refractivity contribution in [1.29, 1.82) is 0 Å². The van der Waals surface area contributed by atoms with Crippen LogP contribution in [0, 0.1) is 0 Å². The molecule has 1 unspecified atom stereocenters. The molecule has 0 radical (unpaired) electrons. The number of carbonyl (C=O) groups excluding carboxylic acids is 2. The molecule has 2 N–H and O–H groups in total. The van der Waals surface area contributed by atoms with E-state index >= 15 is 0 Å². The van der Waals surface area contributed by atoms with Crippen LogP contribution in [-0.4, -0.2) is 95.0 Å². The van der Waals surface area contributed by atoms with Crippen LogP contribution in [0.15, 0.2) is 34.6 Å². The normalized spacial score (nSPS) is 23.5. The van der Waals surface area contributed by atoms with Gasteiger partial charge in [0.1, 0.15) is 5.76 Å². The number of hydrogen-bond acceptors (Lipinski definition) is 7. The molecular formula is C24H26F3N5O5. The third kappa shape index (κ3) is 4.85. The maximum Gasteiger partial charge on any atom is 0.422 e. The van der Waals surface area contributed by atoms with Crippen LogP contribution in [0.2, 0.25) is 0 Å². The first-order valence-electron chi connectivity index (χ1n) is 12.2. The van der Waals surface area contributed by atoms with Crippen molar-refractivity contribution in [3.63, 3.8) is 0 Å². The number of halogens is 3. The van der Waals surface area contributed by atoms with E-state index in [0.29, 0.717) is 50.6 Å². The van der Waals surface area contributed by atoms with E-state index in [1.807, 2.05) is 0 Å². The van der Waals surface area contributed by atoms with Crippen molar-refractivity contribution >= 4 is 11.9 Å². The summed E-state index contributed by atoms with van der Waals surface area (Å²) in [5.74, 6) is 0.214. The van der Waals surface area contributed by atoms with Crippen molar-refractivity contribution in [3.8, 4) is 5.88 Å². The first-order valence-corrected chi connectivity index (χ1v) is 12.2. The highest BCUT2D eigenvalue weighted by molar-refractivity contribution is 5.95. The van der Waals surface area contributed by atoms with Gasteiger partial charge in [-0.1, -0.05) is 0 Å². The number of amides is 3. The SMILES string of the molecule is O=C(c1cc(OCC(F)(F)F)nc(C2CC2)c1)N1CC2=C(C1)CN(C(=O)N1CCC3=C(C1)ONC3O)C2. The highest BCUT2D eigenvalue weighted by Crippen LogP contribution is 2.40. The number of alkyl halides is 3. The summed E-state index contributed by atoms with van der Waals surface area (Å²) in [4.78, 5) is 40.9. The van der Waals surface area contributed by atoms with Crippen LogP contribution in [0.25, 0.3) is 0 Å². The molecular weight excluding hydrogens is 495 g/mol. The van der Waals surface area contributed by atoms with Crippen LogP contribution in [0.4, 0.5) is 18.0 Å². The summed E-state index contributed by atoms with van der Waals surface area (Å²) in [5.41, 5.74) is 6.11. The van der Waals surface area contributed by atoms with Crippen LogP contribution in [0.5, 0.6) is 5.88 Å². The smallest absolute Gasteiger partial charge is 0.422 e. The zero-order valence-electron chi connectivity index (χ0n) is 19.9. The Labute approximate surface area is 210 Å². The Morgan fingerprint density at radius 2 is 1.78 bits per heavy atom. The summed E-state index contributed by atoms with van der Waals surface area (Å²) >= 11 is 0. The standard InChI is InChI=1S/C24H26F3N5O5/c25-24(26,27)12-36-20-6-14(5-18(28-20)13-1-2-13)22(34)31-7-15-9-32(10-16(15)8-31)23(35)30-4-3-17-19(11-30)37-29-21(17)33/h5-6,13,21,29,33H,1-4,7-12H2. The van der Waals surface area contributed by atoms with Gasteiger partial charge in [-0.2, -0.15) is 13.2 Å². The third-order valence-corrected chi connectivity index (χ3v) is 7.27. The molecule has 1 aromatic heterocycles. The lowest BCUT2D eigenvalue weighted by Crippen LogP contribution is -2.46. The number of nitrogens with zero attached hydrogens (tertiary/aromatic N) is 4. The van der Waals surface area contributed by atoms with Gasteiger partial charge >= 0.3 is 12.2 Å². The zero-order valence-corrected chi connectivity index (χ0v) is 19.9. The van der Waals surface area contributed by atoms with Gasteiger partial charge < -0.3 is 29.4 Å². The Bertz CT molecular complexity index is 1190. The highest BCUT2D eigenvalue weighted by atomic mass is 19.4. The molecule has 1 aliphatic carbocycles. The van der Waals surface area contributed by atoms with Crippen LogP contribution in [-0.2, 0) is 4.84 Å².